The Hall–Kier alpha value is -0.610. The maximum atomic E-state index is 12.2. The van der Waals surface area contributed by atoms with Crippen LogP contribution in [0.5, 0.6) is 0 Å². The first-order valence-electron chi connectivity index (χ1n) is 7.29. The van der Waals surface area contributed by atoms with Gasteiger partial charge in [0.15, 0.2) is 0 Å². The lowest BCUT2D eigenvalue weighted by Crippen LogP contribution is -2.50. The van der Waals surface area contributed by atoms with Crippen molar-refractivity contribution >= 4 is 5.91 Å². The molecule has 2 rings (SSSR count). The lowest BCUT2D eigenvalue weighted by atomic mass is 9.90. The quantitative estimate of drug-likeness (QED) is 0.798. The van der Waals surface area contributed by atoms with Gasteiger partial charge in [0.25, 0.3) is 0 Å². The molecular formula is C14H26N2O2. The topological polar surface area (TPSA) is 50.4 Å². The molecule has 0 radical (unpaired) electrons. The summed E-state index contributed by atoms with van der Waals surface area (Å²) >= 11 is 0. The number of amides is 1. The minimum Gasteiger partial charge on any atom is -0.381 e. The lowest BCUT2D eigenvalue weighted by molar-refractivity contribution is -0.124. The van der Waals surface area contributed by atoms with Crippen molar-refractivity contribution in [2.75, 3.05) is 13.7 Å². The number of nitrogens with one attached hydrogen (secondary N) is 2. The van der Waals surface area contributed by atoms with Gasteiger partial charge in [-0.15, -0.1) is 0 Å². The molecule has 4 nitrogen and oxygen atoms in total. The summed E-state index contributed by atoms with van der Waals surface area (Å²) in [6.07, 6.45) is 6.79. The number of carbonyl (C=O) groups excluding carboxylic acids is 1. The molecule has 0 aromatic carbocycles. The Morgan fingerprint density at radius 2 is 2.17 bits per heavy atom. The second kappa shape index (κ2) is 6.53. The Bertz CT molecular complexity index is 283. The predicted octanol–water partition coefficient (Wildman–Crippen LogP) is 1.45. The van der Waals surface area contributed by atoms with Crippen molar-refractivity contribution in [1.82, 2.24) is 10.6 Å². The van der Waals surface area contributed by atoms with Crippen molar-refractivity contribution in [2.45, 2.75) is 63.6 Å². The van der Waals surface area contributed by atoms with Crippen LogP contribution in [0.4, 0.5) is 0 Å². The molecular weight excluding hydrogens is 228 g/mol. The Morgan fingerprint density at radius 3 is 2.83 bits per heavy atom. The van der Waals surface area contributed by atoms with Gasteiger partial charge in [0.05, 0.1) is 12.1 Å². The monoisotopic (exact) mass is 254 g/mol. The van der Waals surface area contributed by atoms with Crippen LogP contribution in [-0.4, -0.2) is 37.7 Å². The van der Waals surface area contributed by atoms with Crippen LogP contribution in [0.3, 0.4) is 0 Å². The van der Waals surface area contributed by atoms with E-state index in [0.29, 0.717) is 18.1 Å². The smallest absolute Gasteiger partial charge is 0.237 e. The van der Waals surface area contributed by atoms with Gasteiger partial charge >= 0.3 is 0 Å². The number of methoxy groups -OCH3 is 1. The van der Waals surface area contributed by atoms with Crippen molar-refractivity contribution in [2.24, 2.45) is 5.92 Å². The molecule has 18 heavy (non-hydrogen) atoms. The van der Waals surface area contributed by atoms with Crippen LogP contribution in [0.25, 0.3) is 0 Å². The van der Waals surface area contributed by atoms with E-state index in [1.54, 1.807) is 7.11 Å². The summed E-state index contributed by atoms with van der Waals surface area (Å²) in [5.41, 5.74) is 0. The highest BCUT2D eigenvalue weighted by molar-refractivity contribution is 5.82. The van der Waals surface area contributed by atoms with Gasteiger partial charge in [-0.2, -0.15) is 0 Å². The SMILES string of the molecule is CCC1CCNC(C(=O)NC2CCC(OC)C2)C1. The second-order valence-corrected chi connectivity index (χ2v) is 5.68. The molecule has 4 atom stereocenters. The highest BCUT2D eigenvalue weighted by atomic mass is 16.5. The van der Waals surface area contributed by atoms with E-state index in [2.05, 4.69) is 17.6 Å². The molecule has 1 aliphatic carbocycles. The zero-order chi connectivity index (χ0) is 13.0. The van der Waals surface area contributed by atoms with Crippen molar-refractivity contribution in [3.8, 4) is 0 Å². The van der Waals surface area contributed by atoms with E-state index in [4.69, 9.17) is 4.74 Å². The number of rotatable bonds is 4. The van der Waals surface area contributed by atoms with Crippen LogP contribution in [0.15, 0.2) is 0 Å². The fourth-order valence-corrected chi connectivity index (χ4v) is 3.15. The normalized spacial score (nSPS) is 36.6. The van der Waals surface area contributed by atoms with Gasteiger partial charge in [-0.1, -0.05) is 13.3 Å². The number of piperidine rings is 1. The van der Waals surface area contributed by atoms with Gasteiger partial charge in [-0.3, -0.25) is 4.79 Å². The molecule has 1 aliphatic heterocycles. The first-order chi connectivity index (χ1) is 8.72. The van der Waals surface area contributed by atoms with Crippen LogP contribution >= 0.6 is 0 Å². The summed E-state index contributed by atoms with van der Waals surface area (Å²) in [4.78, 5) is 12.2. The molecule has 0 bridgehead atoms. The van der Waals surface area contributed by atoms with Crippen molar-refractivity contribution in [1.29, 1.82) is 0 Å². The van der Waals surface area contributed by atoms with Crippen LogP contribution < -0.4 is 10.6 Å². The summed E-state index contributed by atoms with van der Waals surface area (Å²) in [5.74, 6) is 0.896. The minimum atomic E-state index is 0.0188. The summed E-state index contributed by atoms with van der Waals surface area (Å²) < 4.78 is 5.34. The Morgan fingerprint density at radius 1 is 1.33 bits per heavy atom. The molecule has 0 aromatic heterocycles. The molecule has 104 valence electrons. The molecule has 1 saturated carbocycles. The third kappa shape index (κ3) is 3.45. The van der Waals surface area contributed by atoms with E-state index in [1.807, 2.05) is 0 Å². The van der Waals surface area contributed by atoms with E-state index in [0.717, 1.165) is 32.2 Å². The predicted molar refractivity (Wildman–Crippen MR) is 71.4 cm³/mol. The van der Waals surface area contributed by atoms with Crippen LogP contribution in [0.2, 0.25) is 0 Å². The molecule has 4 unspecified atom stereocenters. The first kappa shape index (κ1) is 13.8. The van der Waals surface area contributed by atoms with Crippen molar-refractivity contribution in [3.05, 3.63) is 0 Å². The van der Waals surface area contributed by atoms with Crippen molar-refractivity contribution in [3.63, 3.8) is 0 Å². The third-order valence-corrected chi connectivity index (χ3v) is 4.47. The maximum absolute atomic E-state index is 12.2. The number of hydrogen-bond donors (Lipinski definition) is 2. The van der Waals surface area contributed by atoms with Gasteiger partial charge in [0.2, 0.25) is 5.91 Å². The molecule has 0 spiro atoms. The highest BCUT2D eigenvalue weighted by Crippen LogP contribution is 2.23. The van der Waals surface area contributed by atoms with Crippen LogP contribution in [0.1, 0.15) is 45.4 Å². The molecule has 1 saturated heterocycles. The van der Waals surface area contributed by atoms with Gasteiger partial charge in [-0.05, 0) is 44.6 Å². The van der Waals surface area contributed by atoms with Gasteiger partial charge in [-0.25, -0.2) is 0 Å². The molecule has 2 aliphatic rings. The van der Waals surface area contributed by atoms with Crippen molar-refractivity contribution < 1.29 is 9.53 Å². The van der Waals surface area contributed by atoms with E-state index in [9.17, 15) is 4.79 Å². The van der Waals surface area contributed by atoms with Crippen LogP contribution in [0, 0.1) is 5.92 Å². The molecule has 0 aromatic rings. The Balaban J connectivity index is 1.77. The molecule has 4 heteroatoms. The third-order valence-electron chi connectivity index (χ3n) is 4.47. The largest absolute Gasteiger partial charge is 0.381 e. The fourth-order valence-electron chi connectivity index (χ4n) is 3.15. The zero-order valence-electron chi connectivity index (χ0n) is 11.6. The van der Waals surface area contributed by atoms with E-state index < -0.39 is 0 Å². The zero-order valence-corrected chi connectivity index (χ0v) is 11.6. The lowest BCUT2D eigenvalue weighted by Gasteiger charge is -2.29. The number of ether oxygens (including phenoxy) is 1. The second-order valence-electron chi connectivity index (χ2n) is 5.68. The minimum absolute atomic E-state index is 0.0188. The van der Waals surface area contributed by atoms with Gasteiger partial charge in [0.1, 0.15) is 0 Å². The maximum Gasteiger partial charge on any atom is 0.237 e. The molecule has 2 fully saturated rings. The standard InChI is InChI=1S/C14H26N2O2/c1-3-10-6-7-15-13(8-10)14(17)16-11-4-5-12(9-11)18-2/h10-13,15H,3-9H2,1-2H3,(H,16,17). The fraction of sp³-hybridized carbons (Fsp3) is 0.929. The first-order valence-corrected chi connectivity index (χ1v) is 7.29. The van der Waals surface area contributed by atoms with Crippen LogP contribution in [-0.2, 0) is 9.53 Å². The molecule has 1 heterocycles. The van der Waals surface area contributed by atoms with E-state index >= 15 is 0 Å². The Kier molecular flexibility index (Phi) is 5.01. The van der Waals surface area contributed by atoms with E-state index in [1.165, 1.54) is 12.8 Å². The summed E-state index contributed by atoms with van der Waals surface area (Å²) in [6.45, 7) is 3.19. The summed E-state index contributed by atoms with van der Waals surface area (Å²) in [5, 5.41) is 6.52. The summed E-state index contributed by atoms with van der Waals surface area (Å²) in [6, 6.07) is 0.330. The van der Waals surface area contributed by atoms with E-state index in [-0.39, 0.29) is 11.9 Å². The highest BCUT2D eigenvalue weighted by Gasteiger charge is 2.30. The van der Waals surface area contributed by atoms with Gasteiger partial charge < -0.3 is 15.4 Å². The number of hydrogen-bond acceptors (Lipinski definition) is 3. The molecule has 2 N–H and O–H groups in total. The van der Waals surface area contributed by atoms with Gasteiger partial charge in [0, 0.05) is 13.2 Å². The molecule has 1 amide bonds. The summed E-state index contributed by atoms with van der Waals surface area (Å²) in [7, 11) is 1.75. The average Bonchev–Trinajstić information content (AvgIpc) is 2.86. The Labute approximate surface area is 110 Å². The number of carbonyl (C=O) groups is 1. The average molecular weight is 254 g/mol.